The van der Waals surface area contributed by atoms with Crippen LogP contribution in [0, 0.1) is 0 Å². The van der Waals surface area contributed by atoms with Gasteiger partial charge >= 0.3 is 0 Å². The van der Waals surface area contributed by atoms with Crippen LogP contribution in [0.15, 0.2) is 18.3 Å². The monoisotopic (exact) mass is 326 g/mol. The molecule has 0 saturated heterocycles. The molecule has 1 aromatic heterocycles. The molecule has 0 bridgehead atoms. The van der Waals surface area contributed by atoms with E-state index in [0.717, 1.165) is 37.1 Å². The average Bonchev–Trinajstić information content (AvgIpc) is 2.53. The lowest BCUT2D eigenvalue weighted by molar-refractivity contribution is 0.283. The fourth-order valence-corrected chi connectivity index (χ4v) is 3.89. The predicted octanol–water partition coefficient (Wildman–Crippen LogP) is 1.75. The van der Waals surface area contributed by atoms with Gasteiger partial charge in [0.2, 0.25) is 0 Å². The topological polar surface area (TPSA) is 65.5 Å². The first-order valence-corrected chi connectivity index (χ1v) is 9.19. The van der Waals surface area contributed by atoms with Crippen LogP contribution in [-0.2, 0) is 16.8 Å². The number of hydrogen-bond donors (Lipinski definition) is 1. The molecular formula is C15H26N4O2S. The molecular weight excluding hydrogens is 300 g/mol. The van der Waals surface area contributed by atoms with E-state index < -0.39 is 10.2 Å². The molecule has 124 valence electrons. The maximum Gasteiger partial charge on any atom is 0.279 e. The number of anilines is 1. The third-order valence-electron chi connectivity index (χ3n) is 4.19. The van der Waals surface area contributed by atoms with Gasteiger partial charge in [0.05, 0.1) is 0 Å². The Morgan fingerprint density at radius 1 is 1.23 bits per heavy atom. The molecule has 6 nitrogen and oxygen atoms in total. The fourth-order valence-electron chi connectivity index (χ4n) is 2.73. The molecule has 0 aromatic carbocycles. The van der Waals surface area contributed by atoms with Crippen molar-refractivity contribution in [2.75, 3.05) is 26.0 Å². The number of nitrogens with zero attached hydrogens (tertiary/aromatic N) is 3. The Kier molecular flexibility index (Phi) is 5.77. The van der Waals surface area contributed by atoms with Crippen LogP contribution in [0.3, 0.4) is 0 Å². The fraction of sp³-hybridized carbons (Fsp3) is 0.667. The van der Waals surface area contributed by atoms with E-state index >= 15 is 0 Å². The Bertz CT molecular complexity index is 583. The summed E-state index contributed by atoms with van der Waals surface area (Å²) in [6.45, 7) is 0.281. The molecule has 0 spiro atoms. The Morgan fingerprint density at radius 3 is 2.55 bits per heavy atom. The molecule has 22 heavy (non-hydrogen) atoms. The summed E-state index contributed by atoms with van der Waals surface area (Å²) in [5.41, 5.74) is 0.902. The van der Waals surface area contributed by atoms with Crippen LogP contribution in [-0.4, -0.2) is 44.9 Å². The van der Waals surface area contributed by atoms with Gasteiger partial charge in [-0.2, -0.15) is 17.4 Å². The zero-order valence-corrected chi connectivity index (χ0v) is 14.4. The van der Waals surface area contributed by atoms with Gasteiger partial charge < -0.3 is 4.90 Å². The van der Waals surface area contributed by atoms with Crippen molar-refractivity contribution in [1.29, 1.82) is 0 Å². The second-order valence-corrected chi connectivity index (χ2v) is 7.87. The highest BCUT2D eigenvalue weighted by atomic mass is 32.2. The van der Waals surface area contributed by atoms with Crippen molar-refractivity contribution in [2.24, 2.45) is 0 Å². The molecule has 0 radical (unpaired) electrons. The van der Waals surface area contributed by atoms with Gasteiger partial charge in [0.15, 0.2) is 0 Å². The molecule has 0 unspecified atom stereocenters. The van der Waals surface area contributed by atoms with Gasteiger partial charge in [0.1, 0.15) is 5.82 Å². The van der Waals surface area contributed by atoms with Crippen LogP contribution in [0.4, 0.5) is 5.82 Å². The largest absolute Gasteiger partial charge is 0.363 e. The van der Waals surface area contributed by atoms with Crippen molar-refractivity contribution in [3.63, 3.8) is 0 Å². The van der Waals surface area contributed by atoms with Gasteiger partial charge in [-0.25, -0.2) is 4.98 Å². The van der Waals surface area contributed by atoms with E-state index in [2.05, 4.69) is 9.71 Å². The van der Waals surface area contributed by atoms with Crippen LogP contribution in [0.1, 0.15) is 37.7 Å². The summed E-state index contributed by atoms with van der Waals surface area (Å²) in [7, 11) is 2.05. The maximum absolute atomic E-state index is 12.4. The molecule has 1 saturated carbocycles. The number of pyridine rings is 1. The summed E-state index contributed by atoms with van der Waals surface area (Å²) in [5, 5.41) is 0. The minimum absolute atomic E-state index is 0.126. The zero-order valence-electron chi connectivity index (χ0n) is 13.6. The summed E-state index contributed by atoms with van der Waals surface area (Å²) in [6.07, 6.45) is 7.04. The first-order valence-electron chi connectivity index (χ1n) is 7.75. The molecule has 7 heteroatoms. The van der Waals surface area contributed by atoms with E-state index in [-0.39, 0.29) is 12.6 Å². The Balaban J connectivity index is 1.98. The summed E-state index contributed by atoms with van der Waals surface area (Å²) < 4.78 is 29.0. The van der Waals surface area contributed by atoms with Crippen molar-refractivity contribution in [2.45, 2.75) is 44.7 Å². The van der Waals surface area contributed by atoms with Crippen molar-refractivity contribution in [3.8, 4) is 0 Å². The highest BCUT2D eigenvalue weighted by molar-refractivity contribution is 7.87. The van der Waals surface area contributed by atoms with Crippen molar-refractivity contribution in [3.05, 3.63) is 23.9 Å². The summed E-state index contributed by atoms with van der Waals surface area (Å²) in [5.74, 6) is 0.817. The smallest absolute Gasteiger partial charge is 0.279 e. The van der Waals surface area contributed by atoms with Gasteiger partial charge in [-0.15, -0.1) is 0 Å². The summed E-state index contributed by atoms with van der Waals surface area (Å²) in [6, 6.07) is 3.85. The molecule has 1 aliphatic carbocycles. The highest BCUT2D eigenvalue weighted by Crippen LogP contribution is 2.23. The third-order valence-corrected chi connectivity index (χ3v) is 5.76. The van der Waals surface area contributed by atoms with Gasteiger partial charge in [0.25, 0.3) is 10.2 Å². The SMILES string of the molecule is CN(C)c1cc(CNS(=O)(=O)N(C)C2CCCCC2)ccn1. The predicted molar refractivity (Wildman–Crippen MR) is 89.0 cm³/mol. The Labute approximate surface area is 133 Å². The highest BCUT2D eigenvalue weighted by Gasteiger charge is 2.27. The number of aromatic nitrogens is 1. The molecule has 2 rings (SSSR count). The van der Waals surface area contributed by atoms with Crippen LogP contribution < -0.4 is 9.62 Å². The number of hydrogen-bond acceptors (Lipinski definition) is 4. The van der Waals surface area contributed by atoms with E-state index in [1.807, 2.05) is 31.1 Å². The van der Waals surface area contributed by atoms with E-state index in [0.29, 0.717) is 0 Å². The maximum atomic E-state index is 12.4. The van der Waals surface area contributed by atoms with Crippen molar-refractivity contribution in [1.82, 2.24) is 14.0 Å². The standard InChI is InChI=1S/C15H26N4O2S/c1-18(2)15-11-13(9-10-16-15)12-17-22(20,21)19(3)14-7-5-4-6-8-14/h9-11,14,17H,4-8,12H2,1-3H3. The summed E-state index contributed by atoms with van der Waals surface area (Å²) in [4.78, 5) is 6.13. The second kappa shape index (κ2) is 7.39. The van der Waals surface area contributed by atoms with Gasteiger partial charge in [-0.1, -0.05) is 19.3 Å². The lowest BCUT2D eigenvalue weighted by atomic mass is 9.96. The average molecular weight is 326 g/mol. The molecule has 1 N–H and O–H groups in total. The van der Waals surface area contributed by atoms with Gasteiger partial charge in [-0.05, 0) is 30.5 Å². The Hall–Kier alpha value is -1.18. The third kappa shape index (κ3) is 4.41. The van der Waals surface area contributed by atoms with E-state index in [4.69, 9.17) is 0 Å². The van der Waals surface area contributed by atoms with E-state index in [1.54, 1.807) is 13.2 Å². The minimum Gasteiger partial charge on any atom is -0.363 e. The van der Waals surface area contributed by atoms with Crippen LogP contribution >= 0.6 is 0 Å². The lowest BCUT2D eigenvalue weighted by Gasteiger charge is -2.30. The quantitative estimate of drug-likeness (QED) is 0.865. The molecule has 0 atom stereocenters. The lowest BCUT2D eigenvalue weighted by Crippen LogP contribution is -2.44. The van der Waals surface area contributed by atoms with Crippen LogP contribution in [0.2, 0.25) is 0 Å². The van der Waals surface area contributed by atoms with Crippen LogP contribution in [0.5, 0.6) is 0 Å². The minimum atomic E-state index is -3.44. The molecule has 0 aliphatic heterocycles. The summed E-state index contributed by atoms with van der Waals surface area (Å²) >= 11 is 0. The van der Waals surface area contributed by atoms with Crippen molar-refractivity contribution >= 4 is 16.0 Å². The van der Waals surface area contributed by atoms with E-state index in [1.165, 1.54) is 10.7 Å². The molecule has 1 fully saturated rings. The first-order chi connectivity index (χ1) is 10.4. The number of rotatable bonds is 6. The molecule has 0 amide bonds. The molecule has 1 heterocycles. The second-order valence-electron chi connectivity index (χ2n) is 6.05. The normalized spacial score (nSPS) is 16.9. The first kappa shape index (κ1) is 17.2. The molecule has 1 aliphatic rings. The zero-order chi connectivity index (χ0) is 16.2. The number of nitrogens with one attached hydrogen (secondary N) is 1. The van der Waals surface area contributed by atoms with Gasteiger partial charge in [0, 0.05) is 39.9 Å². The molecule has 1 aromatic rings. The van der Waals surface area contributed by atoms with Crippen molar-refractivity contribution < 1.29 is 8.42 Å². The van der Waals surface area contributed by atoms with E-state index in [9.17, 15) is 8.42 Å². The Morgan fingerprint density at radius 2 is 1.91 bits per heavy atom. The van der Waals surface area contributed by atoms with Crippen LogP contribution in [0.25, 0.3) is 0 Å². The van der Waals surface area contributed by atoms with Gasteiger partial charge in [-0.3, -0.25) is 0 Å².